The second-order valence-corrected chi connectivity index (χ2v) is 5.25. The number of fused-ring (bicyclic) bond motifs is 1. The van der Waals surface area contributed by atoms with Gasteiger partial charge in [-0.15, -0.1) is 0 Å². The Kier molecular flexibility index (Phi) is 3.27. The standard InChI is InChI=1S/C16H16N2O3/c17-12-5-10-3-1-2-4-15(10)18(9-12)16(21)11-6-13(19)8-14(20)7-11/h1-4,6-8,12,19-20H,5,9,17H2. The highest BCUT2D eigenvalue weighted by atomic mass is 16.3. The van der Waals surface area contributed by atoms with Crippen LogP contribution < -0.4 is 10.6 Å². The van der Waals surface area contributed by atoms with Crippen LogP contribution in [0.25, 0.3) is 0 Å². The molecule has 1 atom stereocenters. The normalized spacial score (nSPS) is 17.4. The van der Waals surface area contributed by atoms with Crippen LogP contribution in [0.15, 0.2) is 42.5 Å². The number of nitrogens with two attached hydrogens (primary N) is 1. The highest BCUT2D eigenvalue weighted by Crippen LogP contribution is 2.29. The van der Waals surface area contributed by atoms with Crippen LogP contribution in [0.5, 0.6) is 11.5 Å². The van der Waals surface area contributed by atoms with Gasteiger partial charge in [0.15, 0.2) is 0 Å². The number of phenolic OH excluding ortho intramolecular Hbond substituents is 2. The molecule has 0 aromatic heterocycles. The number of para-hydroxylation sites is 1. The molecule has 1 amide bonds. The van der Waals surface area contributed by atoms with Gasteiger partial charge in [-0.25, -0.2) is 0 Å². The Morgan fingerprint density at radius 3 is 2.52 bits per heavy atom. The molecule has 0 fully saturated rings. The third-order valence-electron chi connectivity index (χ3n) is 3.58. The fourth-order valence-corrected chi connectivity index (χ4v) is 2.69. The average molecular weight is 284 g/mol. The van der Waals surface area contributed by atoms with E-state index in [1.165, 1.54) is 18.2 Å². The van der Waals surface area contributed by atoms with E-state index in [2.05, 4.69) is 0 Å². The Morgan fingerprint density at radius 2 is 1.81 bits per heavy atom. The Morgan fingerprint density at radius 1 is 1.14 bits per heavy atom. The molecule has 0 aliphatic carbocycles. The lowest BCUT2D eigenvalue weighted by atomic mass is 9.97. The van der Waals surface area contributed by atoms with Crippen LogP contribution >= 0.6 is 0 Å². The number of benzene rings is 2. The minimum Gasteiger partial charge on any atom is -0.508 e. The maximum Gasteiger partial charge on any atom is 0.258 e. The van der Waals surface area contributed by atoms with Crippen LogP contribution in [0.1, 0.15) is 15.9 Å². The van der Waals surface area contributed by atoms with Crippen molar-refractivity contribution < 1.29 is 15.0 Å². The molecule has 0 radical (unpaired) electrons. The van der Waals surface area contributed by atoms with E-state index in [9.17, 15) is 15.0 Å². The first-order valence-corrected chi connectivity index (χ1v) is 6.73. The molecule has 1 heterocycles. The van der Waals surface area contributed by atoms with Crippen molar-refractivity contribution >= 4 is 11.6 Å². The molecule has 2 aromatic carbocycles. The molecule has 1 unspecified atom stereocenters. The Balaban J connectivity index is 2.02. The summed E-state index contributed by atoms with van der Waals surface area (Å²) in [5.41, 5.74) is 8.10. The number of carbonyl (C=O) groups is 1. The van der Waals surface area contributed by atoms with Crippen molar-refractivity contribution in [2.75, 3.05) is 11.4 Å². The summed E-state index contributed by atoms with van der Waals surface area (Å²) in [6.45, 7) is 0.409. The molecule has 5 nitrogen and oxygen atoms in total. The van der Waals surface area contributed by atoms with Crippen LogP contribution in [-0.4, -0.2) is 28.7 Å². The molecule has 5 heteroatoms. The van der Waals surface area contributed by atoms with Gasteiger partial charge in [0, 0.05) is 29.9 Å². The molecule has 4 N–H and O–H groups in total. The number of carbonyl (C=O) groups excluding carboxylic acids is 1. The van der Waals surface area contributed by atoms with Crippen LogP contribution in [0.4, 0.5) is 5.69 Å². The first-order chi connectivity index (χ1) is 10.0. The third-order valence-corrected chi connectivity index (χ3v) is 3.58. The molecule has 21 heavy (non-hydrogen) atoms. The van der Waals surface area contributed by atoms with Gasteiger partial charge in [-0.3, -0.25) is 4.79 Å². The molecule has 1 aliphatic rings. The number of nitrogens with zero attached hydrogens (tertiary/aromatic N) is 1. The third kappa shape index (κ3) is 2.55. The summed E-state index contributed by atoms with van der Waals surface area (Å²) in [6, 6.07) is 11.4. The molecule has 0 saturated heterocycles. The molecule has 0 bridgehead atoms. The number of phenols is 2. The molecule has 3 rings (SSSR count). The summed E-state index contributed by atoms with van der Waals surface area (Å²) in [5, 5.41) is 19.1. The Bertz CT molecular complexity index is 679. The number of rotatable bonds is 1. The second kappa shape index (κ2) is 5.10. The summed E-state index contributed by atoms with van der Waals surface area (Å²) >= 11 is 0. The van der Waals surface area contributed by atoms with Gasteiger partial charge in [-0.1, -0.05) is 18.2 Å². The van der Waals surface area contributed by atoms with E-state index in [0.717, 1.165) is 17.7 Å². The Hall–Kier alpha value is -2.53. The minimum absolute atomic E-state index is 0.130. The van der Waals surface area contributed by atoms with Crippen molar-refractivity contribution in [1.82, 2.24) is 0 Å². The topological polar surface area (TPSA) is 86.8 Å². The predicted octanol–water partition coefficient (Wildman–Crippen LogP) is 1.63. The minimum atomic E-state index is -0.288. The summed E-state index contributed by atoms with van der Waals surface area (Å²) in [4.78, 5) is 14.3. The van der Waals surface area contributed by atoms with Crippen LogP contribution in [0, 0.1) is 0 Å². The lowest BCUT2D eigenvalue weighted by molar-refractivity contribution is 0.0982. The van der Waals surface area contributed by atoms with Crippen molar-refractivity contribution in [1.29, 1.82) is 0 Å². The lowest BCUT2D eigenvalue weighted by Crippen LogP contribution is -2.46. The van der Waals surface area contributed by atoms with E-state index in [1.54, 1.807) is 4.90 Å². The largest absolute Gasteiger partial charge is 0.508 e. The Labute approximate surface area is 122 Å². The number of aromatic hydroxyl groups is 2. The van der Waals surface area contributed by atoms with E-state index in [-0.39, 0.29) is 29.0 Å². The van der Waals surface area contributed by atoms with Crippen molar-refractivity contribution in [2.45, 2.75) is 12.5 Å². The zero-order valence-electron chi connectivity index (χ0n) is 11.4. The molecule has 2 aromatic rings. The fourth-order valence-electron chi connectivity index (χ4n) is 2.69. The van der Waals surface area contributed by atoms with Crippen molar-refractivity contribution in [3.05, 3.63) is 53.6 Å². The highest BCUT2D eigenvalue weighted by Gasteiger charge is 2.27. The number of hydrogen-bond donors (Lipinski definition) is 3. The quantitative estimate of drug-likeness (QED) is 0.743. The van der Waals surface area contributed by atoms with Gasteiger partial charge in [-0.05, 0) is 30.2 Å². The van der Waals surface area contributed by atoms with Crippen molar-refractivity contribution in [3.63, 3.8) is 0 Å². The molecular weight excluding hydrogens is 268 g/mol. The fraction of sp³-hybridized carbons (Fsp3) is 0.188. The van der Waals surface area contributed by atoms with Gasteiger partial charge in [0.1, 0.15) is 11.5 Å². The van der Waals surface area contributed by atoms with Crippen LogP contribution in [0.2, 0.25) is 0 Å². The molecule has 0 saturated carbocycles. The van der Waals surface area contributed by atoms with Gasteiger partial charge < -0.3 is 20.8 Å². The molecule has 1 aliphatic heterocycles. The van der Waals surface area contributed by atoms with Gasteiger partial charge in [0.05, 0.1) is 0 Å². The SMILES string of the molecule is NC1Cc2ccccc2N(C(=O)c2cc(O)cc(O)c2)C1. The van der Waals surface area contributed by atoms with Crippen LogP contribution in [0.3, 0.4) is 0 Å². The van der Waals surface area contributed by atoms with E-state index in [4.69, 9.17) is 5.73 Å². The smallest absolute Gasteiger partial charge is 0.258 e. The highest BCUT2D eigenvalue weighted by molar-refractivity contribution is 6.07. The molecule has 108 valence electrons. The van der Waals surface area contributed by atoms with E-state index >= 15 is 0 Å². The van der Waals surface area contributed by atoms with Crippen LogP contribution in [-0.2, 0) is 6.42 Å². The van der Waals surface area contributed by atoms with E-state index < -0.39 is 0 Å². The number of anilines is 1. The zero-order valence-corrected chi connectivity index (χ0v) is 11.4. The summed E-state index contributed by atoms with van der Waals surface area (Å²) < 4.78 is 0. The van der Waals surface area contributed by atoms with Gasteiger partial charge in [-0.2, -0.15) is 0 Å². The first kappa shape index (κ1) is 13.5. The van der Waals surface area contributed by atoms with E-state index in [0.29, 0.717) is 6.54 Å². The first-order valence-electron chi connectivity index (χ1n) is 6.73. The predicted molar refractivity (Wildman–Crippen MR) is 79.6 cm³/mol. The van der Waals surface area contributed by atoms with Crippen molar-refractivity contribution in [2.24, 2.45) is 5.73 Å². The van der Waals surface area contributed by atoms with Gasteiger partial charge in [0.2, 0.25) is 0 Å². The lowest BCUT2D eigenvalue weighted by Gasteiger charge is -2.33. The van der Waals surface area contributed by atoms with Gasteiger partial charge >= 0.3 is 0 Å². The summed E-state index contributed by atoms with van der Waals surface area (Å²) in [6.07, 6.45) is 0.727. The van der Waals surface area contributed by atoms with Gasteiger partial charge in [0.25, 0.3) is 5.91 Å². The average Bonchev–Trinajstić information content (AvgIpc) is 2.44. The number of hydrogen-bond acceptors (Lipinski definition) is 4. The zero-order chi connectivity index (χ0) is 15.0. The summed E-state index contributed by atoms with van der Waals surface area (Å²) in [7, 11) is 0. The maximum atomic E-state index is 12.7. The van der Waals surface area contributed by atoms with E-state index in [1.807, 2.05) is 24.3 Å². The number of amides is 1. The second-order valence-electron chi connectivity index (χ2n) is 5.25. The molecule has 0 spiro atoms. The maximum absolute atomic E-state index is 12.7. The monoisotopic (exact) mass is 284 g/mol. The summed E-state index contributed by atoms with van der Waals surface area (Å²) in [5.74, 6) is -0.579. The molecular formula is C16H16N2O3. The van der Waals surface area contributed by atoms with Crippen molar-refractivity contribution in [3.8, 4) is 11.5 Å².